The van der Waals surface area contributed by atoms with E-state index in [1.807, 2.05) is 12.1 Å². The van der Waals surface area contributed by atoms with E-state index in [9.17, 15) is 4.39 Å². The smallest absolute Gasteiger partial charge is 0.123 e. The number of halogens is 1. The highest BCUT2D eigenvalue weighted by Crippen LogP contribution is 1.93. The van der Waals surface area contributed by atoms with E-state index < -0.39 is 8.80 Å². The maximum absolute atomic E-state index is 12.4. The number of hydrogen-bond acceptors (Lipinski definition) is 0. The van der Waals surface area contributed by atoms with Crippen LogP contribution >= 0.6 is 0 Å². The van der Waals surface area contributed by atoms with Crippen LogP contribution in [0.2, 0.25) is 13.1 Å². The molecular formula is C8H10FSi. The van der Waals surface area contributed by atoms with Crippen molar-refractivity contribution in [2.45, 2.75) is 13.1 Å². The van der Waals surface area contributed by atoms with Gasteiger partial charge in [-0.25, -0.2) is 4.39 Å². The van der Waals surface area contributed by atoms with E-state index in [2.05, 4.69) is 13.1 Å². The van der Waals surface area contributed by atoms with Crippen LogP contribution in [-0.2, 0) is 0 Å². The summed E-state index contributed by atoms with van der Waals surface area (Å²) in [5.74, 6) is -0.146. The minimum Gasteiger partial charge on any atom is -0.207 e. The van der Waals surface area contributed by atoms with Crippen LogP contribution in [-0.4, -0.2) is 8.80 Å². The van der Waals surface area contributed by atoms with Crippen molar-refractivity contribution in [2.24, 2.45) is 0 Å². The van der Waals surface area contributed by atoms with Crippen LogP contribution in [0.3, 0.4) is 0 Å². The second-order valence-electron chi connectivity index (χ2n) is 2.51. The van der Waals surface area contributed by atoms with Crippen LogP contribution in [0.5, 0.6) is 0 Å². The van der Waals surface area contributed by atoms with Crippen molar-refractivity contribution in [3.63, 3.8) is 0 Å². The van der Waals surface area contributed by atoms with Crippen molar-refractivity contribution in [3.05, 3.63) is 30.1 Å². The molecule has 0 spiro atoms. The van der Waals surface area contributed by atoms with Gasteiger partial charge in [-0.15, -0.1) is 0 Å². The molecule has 0 aliphatic heterocycles. The molecule has 0 aromatic heterocycles. The van der Waals surface area contributed by atoms with Crippen molar-refractivity contribution < 1.29 is 4.39 Å². The van der Waals surface area contributed by atoms with E-state index in [0.717, 1.165) is 0 Å². The van der Waals surface area contributed by atoms with E-state index in [1.54, 1.807) is 0 Å². The molecule has 1 aromatic carbocycles. The lowest BCUT2D eigenvalue weighted by Gasteiger charge is -2.00. The highest BCUT2D eigenvalue weighted by Gasteiger charge is 1.98. The molecule has 1 aromatic rings. The van der Waals surface area contributed by atoms with Gasteiger partial charge in [-0.2, -0.15) is 0 Å². The Labute approximate surface area is 62.3 Å². The molecule has 0 fully saturated rings. The maximum atomic E-state index is 12.4. The predicted octanol–water partition coefficient (Wildman–Crippen LogP) is 1.79. The summed E-state index contributed by atoms with van der Waals surface area (Å²) in [6.45, 7) is 4.38. The Kier molecular flexibility index (Phi) is 2.22. The van der Waals surface area contributed by atoms with Crippen molar-refractivity contribution in [3.8, 4) is 0 Å². The maximum Gasteiger partial charge on any atom is 0.123 e. The van der Waals surface area contributed by atoms with Gasteiger partial charge >= 0.3 is 0 Å². The first-order valence-corrected chi connectivity index (χ1v) is 5.76. The van der Waals surface area contributed by atoms with Gasteiger partial charge in [0.2, 0.25) is 0 Å². The molecule has 0 atom stereocenters. The van der Waals surface area contributed by atoms with Gasteiger partial charge in [0.25, 0.3) is 0 Å². The lowest BCUT2D eigenvalue weighted by atomic mass is 10.3. The minimum atomic E-state index is -0.395. The Morgan fingerprint density at radius 3 is 2.00 bits per heavy atom. The molecule has 0 nitrogen and oxygen atoms in total. The first-order chi connectivity index (χ1) is 4.70. The van der Waals surface area contributed by atoms with Crippen LogP contribution < -0.4 is 5.19 Å². The van der Waals surface area contributed by atoms with Crippen molar-refractivity contribution >= 4 is 14.0 Å². The minimum absolute atomic E-state index is 0.146. The van der Waals surface area contributed by atoms with Crippen molar-refractivity contribution in [1.82, 2.24) is 0 Å². The van der Waals surface area contributed by atoms with E-state index >= 15 is 0 Å². The summed E-state index contributed by atoms with van der Waals surface area (Å²) >= 11 is 0. The Morgan fingerprint density at radius 1 is 1.10 bits per heavy atom. The first-order valence-electron chi connectivity index (χ1n) is 3.26. The third-order valence-electron chi connectivity index (χ3n) is 1.42. The zero-order valence-electron chi connectivity index (χ0n) is 6.19. The van der Waals surface area contributed by atoms with E-state index in [1.165, 1.54) is 17.3 Å². The fourth-order valence-electron chi connectivity index (χ4n) is 0.783. The second-order valence-corrected chi connectivity index (χ2v) is 5.08. The summed E-state index contributed by atoms with van der Waals surface area (Å²) in [7, 11) is -0.395. The van der Waals surface area contributed by atoms with Gasteiger partial charge in [-0.05, 0) is 12.1 Å². The van der Waals surface area contributed by atoms with Crippen molar-refractivity contribution in [1.29, 1.82) is 0 Å². The van der Waals surface area contributed by atoms with Crippen molar-refractivity contribution in [2.75, 3.05) is 0 Å². The standard InChI is InChI=1S/C8H10FSi/c1-10(2)8-5-3-7(9)4-6-8/h3-6H,1-2H3. The molecule has 0 N–H and O–H groups in total. The van der Waals surface area contributed by atoms with Crippen LogP contribution in [0.1, 0.15) is 0 Å². The molecule has 0 saturated heterocycles. The molecule has 0 aliphatic carbocycles. The molecule has 1 rings (SSSR count). The average molecular weight is 153 g/mol. The number of benzene rings is 1. The van der Waals surface area contributed by atoms with Crippen LogP contribution in [0.4, 0.5) is 4.39 Å². The first kappa shape index (κ1) is 7.47. The third-order valence-corrected chi connectivity index (χ3v) is 2.91. The molecule has 0 saturated carbocycles. The van der Waals surface area contributed by atoms with E-state index in [-0.39, 0.29) is 5.82 Å². The summed E-state index contributed by atoms with van der Waals surface area (Å²) in [4.78, 5) is 0. The van der Waals surface area contributed by atoms with Gasteiger partial charge in [-0.1, -0.05) is 30.4 Å². The summed E-state index contributed by atoms with van der Waals surface area (Å²) in [6.07, 6.45) is 0. The highest BCUT2D eigenvalue weighted by molar-refractivity contribution is 6.70. The molecule has 0 aliphatic rings. The van der Waals surface area contributed by atoms with Gasteiger partial charge in [0.1, 0.15) is 5.82 Å². The Bertz CT molecular complexity index is 203. The second kappa shape index (κ2) is 2.97. The molecule has 0 amide bonds. The normalized spacial score (nSPS) is 10.4. The quantitative estimate of drug-likeness (QED) is 0.540. The summed E-state index contributed by atoms with van der Waals surface area (Å²) in [6, 6.07) is 6.77. The van der Waals surface area contributed by atoms with Crippen LogP contribution in [0.15, 0.2) is 24.3 Å². The molecule has 10 heavy (non-hydrogen) atoms. The molecule has 53 valence electrons. The lowest BCUT2D eigenvalue weighted by molar-refractivity contribution is 0.628. The number of hydrogen-bond donors (Lipinski definition) is 0. The molecule has 0 heterocycles. The van der Waals surface area contributed by atoms with Gasteiger partial charge in [0.15, 0.2) is 0 Å². The van der Waals surface area contributed by atoms with Gasteiger partial charge < -0.3 is 0 Å². The monoisotopic (exact) mass is 153 g/mol. The Morgan fingerprint density at radius 2 is 1.60 bits per heavy atom. The van der Waals surface area contributed by atoms with Gasteiger partial charge in [0.05, 0.1) is 8.80 Å². The summed E-state index contributed by atoms with van der Waals surface area (Å²) in [5.41, 5.74) is 0. The predicted molar refractivity (Wildman–Crippen MR) is 43.5 cm³/mol. The van der Waals surface area contributed by atoms with Crippen LogP contribution in [0.25, 0.3) is 0 Å². The average Bonchev–Trinajstić information content (AvgIpc) is 1.88. The molecule has 0 unspecified atom stereocenters. The van der Waals surface area contributed by atoms with E-state index in [4.69, 9.17) is 0 Å². The molecular weight excluding hydrogens is 143 g/mol. The zero-order valence-corrected chi connectivity index (χ0v) is 7.19. The topological polar surface area (TPSA) is 0 Å². The molecule has 1 radical (unpaired) electrons. The Balaban J connectivity index is 2.89. The highest BCUT2D eigenvalue weighted by atomic mass is 28.3. The largest absolute Gasteiger partial charge is 0.207 e. The van der Waals surface area contributed by atoms with E-state index in [0.29, 0.717) is 0 Å². The fraction of sp³-hybridized carbons (Fsp3) is 0.250. The molecule has 2 heteroatoms. The molecule has 0 bridgehead atoms. The third kappa shape index (κ3) is 1.67. The van der Waals surface area contributed by atoms with Gasteiger partial charge in [-0.3, -0.25) is 0 Å². The van der Waals surface area contributed by atoms with Crippen LogP contribution in [0, 0.1) is 5.82 Å². The summed E-state index contributed by atoms with van der Waals surface area (Å²) in [5, 5.41) is 1.28. The number of rotatable bonds is 1. The SMILES string of the molecule is C[Si](C)c1ccc(F)cc1. The lowest BCUT2D eigenvalue weighted by Crippen LogP contribution is -2.21. The zero-order chi connectivity index (χ0) is 7.56. The Hall–Kier alpha value is -0.633. The summed E-state index contributed by atoms with van der Waals surface area (Å²) < 4.78 is 12.4. The fourth-order valence-corrected chi connectivity index (χ4v) is 1.62. The van der Waals surface area contributed by atoms with Gasteiger partial charge in [0, 0.05) is 0 Å².